The zero-order valence-electron chi connectivity index (χ0n) is 8.58. The highest BCUT2D eigenvalue weighted by Crippen LogP contribution is 2.29. The van der Waals surface area contributed by atoms with Gasteiger partial charge >= 0.3 is 0 Å². The van der Waals surface area contributed by atoms with Crippen LogP contribution in [0.15, 0.2) is 24.4 Å². The van der Waals surface area contributed by atoms with E-state index in [2.05, 4.69) is 17.1 Å². The highest BCUT2D eigenvalue weighted by atomic mass is 16.2. The smallest absolute Gasteiger partial charge is 0.220 e. The van der Waals surface area contributed by atoms with Gasteiger partial charge in [0.05, 0.1) is 0 Å². The predicted molar refractivity (Wildman–Crippen MR) is 58.2 cm³/mol. The van der Waals surface area contributed by atoms with Gasteiger partial charge < -0.3 is 9.88 Å². The minimum absolute atomic E-state index is 0.138. The number of aromatic nitrogens is 1. The Hall–Kier alpha value is -1.77. The molecule has 0 atom stereocenters. The molecule has 0 aliphatic carbocycles. The summed E-state index contributed by atoms with van der Waals surface area (Å²) in [6.45, 7) is 3.08. The second-order valence-electron chi connectivity index (χ2n) is 4.03. The van der Waals surface area contributed by atoms with E-state index < -0.39 is 0 Å². The van der Waals surface area contributed by atoms with E-state index in [-0.39, 0.29) is 5.91 Å². The largest absolute Gasteiger partial charge is 0.361 e. The van der Waals surface area contributed by atoms with Gasteiger partial charge in [-0.1, -0.05) is 12.1 Å². The zero-order valence-corrected chi connectivity index (χ0v) is 8.58. The fraction of sp³-hybridized carbons (Fsp3) is 0.250. The molecule has 0 spiro atoms. The lowest BCUT2D eigenvalue weighted by atomic mass is 10.0. The molecule has 1 aromatic carbocycles. The number of benzene rings is 1. The number of nitrogens with one attached hydrogen (secondary N) is 1. The van der Waals surface area contributed by atoms with E-state index in [1.165, 1.54) is 22.0 Å². The molecule has 0 saturated heterocycles. The Balaban J connectivity index is 2.20. The minimum atomic E-state index is 0.138. The highest BCUT2D eigenvalue weighted by molar-refractivity contribution is 5.88. The Kier molecular flexibility index (Phi) is 1.63. The van der Waals surface area contributed by atoms with Crippen LogP contribution in [0.2, 0.25) is 0 Å². The van der Waals surface area contributed by atoms with E-state index in [0.29, 0.717) is 0 Å². The van der Waals surface area contributed by atoms with Crippen LogP contribution in [0.25, 0.3) is 10.9 Å². The van der Waals surface area contributed by atoms with Crippen molar-refractivity contribution in [1.82, 2.24) is 9.88 Å². The summed E-state index contributed by atoms with van der Waals surface area (Å²) in [6, 6.07) is 6.20. The summed E-state index contributed by atoms with van der Waals surface area (Å²) in [6.07, 6.45) is 2.00. The number of nitrogens with zero attached hydrogens (tertiary/aromatic N) is 1. The Bertz CT molecular complexity index is 542. The van der Waals surface area contributed by atoms with Crippen LogP contribution in [0.5, 0.6) is 0 Å². The predicted octanol–water partition coefficient (Wildman–Crippen LogP) is 2.03. The summed E-state index contributed by atoms with van der Waals surface area (Å²) in [7, 11) is 0. The molecule has 2 heterocycles. The first kappa shape index (κ1) is 8.53. The maximum Gasteiger partial charge on any atom is 0.220 e. The van der Waals surface area contributed by atoms with E-state index >= 15 is 0 Å². The maximum atomic E-state index is 11.4. The number of hydrogen-bond acceptors (Lipinski definition) is 1. The second-order valence-corrected chi connectivity index (χ2v) is 4.03. The van der Waals surface area contributed by atoms with Crippen molar-refractivity contribution >= 4 is 16.8 Å². The van der Waals surface area contributed by atoms with Crippen LogP contribution in [0.3, 0.4) is 0 Å². The average Bonchev–Trinajstić information content (AvgIpc) is 2.64. The van der Waals surface area contributed by atoms with Crippen molar-refractivity contribution in [3.05, 3.63) is 35.5 Å². The van der Waals surface area contributed by atoms with E-state index in [4.69, 9.17) is 0 Å². The first-order valence-corrected chi connectivity index (χ1v) is 5.09. The third-order valence-electron chi connectivity index (χ3n) is 3.04. The monoisotopic (exact) mass is 200 g/mol. The van der Waals surface area contributed by atoms with Crippen molar-refractivity contribution in [1.29, 1.82) is 0 Å². The Morgan fingerprint density at radius 3 is 2.93 bits per heavy atom. The van der Waals surface area contributed by atoms with Crippen molar-refractivity contribution in [3.8, 4) is 0 Å². The van der Waals surface area contributed by atoms with Crippen molar-refractivity contribution in [2.24, 2.45) is 0 Å². The number of amides is 1. The van der Waals surface area contributed by atoms with Crippen molar-refractivity contribution in [2.75, 3.05) is 0 Å². The molecule has 2 aromatic rings. The van der Waals surface area contributed by atoms with E-state index in [1.54, 1.807) is 6.92 Å². The van der Waals surface area contributed by atoms with Crippen LogP contribution >= 0.6 is 0 Å². The quantitative estimate of drug-likeness (QED) is 0.694. The number of carbonyl (C=O) groups is 1. The number of H-pyrrole nitrogens is 1. The van der Waals surface area contributed by atoms with E-state index in [9.17, 15) is 4.79 Å². The summed E-state index contributed by atoms with van der Waals surface area (Å²) in [5, 5.41) is 1.30. The summed E-state index contributed by atoms with van der Waals surface area (Å²) in [5.41, 5.74) is 3.64. The van der Waals surface area contributed by atoms with Crippen molar-refractivity contribution in [3.63, 3.8) is 0 Å². The van der Waals surface area contributed by atoms with Gasteiger partial charge in [0.25, 0.3) is 0 Å². The molecule has 0 unspecified atom stereocenters. The Morgan fingerprint density at radius 1 is 1.33 bits per heavy atom. The van der Waals surface area contributed by atoms with Gasteiger partial charge in [-0.2, -0.15) is 0 Å². The van der Waals surface area contributed by atoms with Crippen LogP contribution < -0.4 is 0 Å². The molecule has 0 radical (unpaired) electrons. The lowest BCUT2D eigenvalue weighted by molar-refractivity contribution is -0.130. The standard InChI is InChI=1S/C12H12N2O/c1-8(15)14-6-9-3-2-4-11-12(9)10(7-14)5-13-11/h2-5,13H,6-7H2,1H3. The van der Waals surface area contributed by atoms with Gasteiger partial charge in [0.2, 0.25) is 5.91 Å². The second kappa shape index (κ2) is 2.86. The lowest BCUT2D eigenvalue weighted by Gasteiger charge is -2.25. The SMILES string of the molecule is CC(=O)N1Cc2cccc3[nH]cc(c23)C1. The molecule has 15 heavy (non-hydrogen) atoms. The zero-order chi connectivity index (χ0) is 10.4. The molecule has 3 nitrogen and oxygen atoms in total. The third-order valence-corrected chi connectivity index (χ3v) is 3.04. The van der Waals surface area contributed by atoms with Gasteiger partial charge in [-0.3, -0.25) is 4.79 Å². The maximum absolute atomic E-state index is 11.4. The number of rotatable bonds is 0. The molecule has 3 heteroatoms. The molecular weight excluding hydrogens is 188 g/mol. The number of aromatic amines is 1. The van der Waals surface area contributed by atoms with Gasteiger partial charge in [0, 0.05) is 37.1 Å². The van der Waals surface area contributed by atoms with Gasteiger partial charge in [0.1, 0.15) is 0 Å². The number of hydrogen-bond donors (Lipinski definition) is 1. The van der Waals surface area contributed by atoms with Gasteiger partial charge in [-0.25, -0.2) is 0 Å². The molecule has 1 aromatic heterocycles. The fourth-order valence-electron chi connectivity index (χ4n) is 2.28. The molecule has 0 saturated carbocycles. The summed E-state index contributed by atoms with van der Waals surface area (Å²) < 4.78 is 0. The first-order valence-electron chi connectivity index (χ1n) is 5.09. The van der Waals surface area contributed by atoms with Crippen LogP contribution in [-0.4, -0.2) is 15.8 Å². The van der Waals surface area contributed by atoms with Crippen LogP contribution in [0.4, 0.5) is 0 Å². The van der Waals surface area contributed by atoms with Crippen LogP contribution in [-0.2, 0) is 17.9 Å². The fourth-order valence-corrected chi connectivity index (χ4v) is 2.28. The highest BCUT2D eigenvalue weighted by Gasteiger charge is 2.20. The Morgan fingerprint density at radius 2 is 2.13 bits per heavy atom. The average molecular weight is 200 g/mol. The molecule has 1 aliphatic heterocycles. The van der Waals surface area contributed by atoms with Crippen LogP contribution in [0.1, 0.15) is 18.1 Å². The topological polar surface area (TPSA) is 36.1 Å². The van der Waals surface area contributed by atoms with Crippen molar-refractivity contribution < 1.29 is 4.79 Å². The Labute approximate surface area is 87.7 Å². The first-order chi connectivity index (χ1) is 7.25. The molecule has 1 amide bonds. The van der Waals surface area contributed by atoms with Crippen molar-refractivity contribution in [2.45, 2.75) is 20.0 Å². The van der Waals surface area contributed by atoms with Gasteiger partial charge in [-0.15, -0.1) is 0 Å². The van der Waals surface area contributed by atoms with E-state index in [0.717, 1.165) is 13.1 Å². The minimum Gasteiger partial charge on any atom is -0.361 e. The summed E-state index contributed by atoms with van der Waals surface area (Å²) >= 11 is 0. The van der Waals surface area contributed by atoms with Crippen LogP contribution in [0, 0.1) is 0 Å². The molecule has 76 valence electrons. The molecule has 3 rings (SSSR count). The molecule has 1 aliphatic rings. The van der Waals surface area contributed by atoms with E-state index in [1.807, 2.05) is 17.2 Å². The third kappa shape index (κ3) is 1.16. The van der Waals surface area contributed by atoms with Gasteiger partial charge in [0.15, 0.2) is 0 Å². The molecule has 1 N–H and O–H groups in total. The lowest BCUT2D eigenvalue weighted by Crippen LogP contribution is -2.30. The number of carbonyl (C=O) groups excluding carboxylic acids is 1. The molecular formula is C12H12N2O. The molecule has 0 fully saturated rings. The molecule has 0 bridgehead atoms. The summed E-state index contributed by atoms with van der Waals surface area (Å²) in [4.78, 5) is 16.5. The normalized spacial score (nSPS) is 14.6. The van der Waals surface area contributed by atoms with Gasteiger partial charge in [-0.05, 0) is 17.2 Å². The summed E-state index contributed by atoms with van der Waals surface area (Å²) in [5.74, 6) is 0.138.